The molecule has 0 atom stereocenters. The number of methoxy groups -OCH3 is 1. The largest absolute Gasteiger partial charge is 0.497 e. The fourth-order valence-corrected chi connectivity index (χ4v) is 2.66. The second kappa shape index (κ2) is 5.73. The molecule has 108 valence electrons. The van der Waals surface area contributed by atoms with Crippen molar-refractivity contribution in [2.75, 3.05) is 13.4 Å². The van der Waals surface area contributed by atoms with E-state index in [1.54, 1.807) is 18.2 Å². The predicted octanol–water partition coefficient (Wildman–Crippen LogP) is 2.36. The van der Waals surface area contributed by atoms with Crippen LogP contribution in [0, 0.1) is 0 Å². The minimum absolute atomic E-state index is 0.00605. The second-order valence-electron chi connectivity index (χ2n) is 4.73. The third kappa shape index (κ3) is 2.71. The molecule has 1 aromatic heterocycles. The Morgan fingerprint density at radius 3 is 2.76 bits per heavy atom. The van der Waals surface area contributed by atoms with Gasteiger partial charge in [-0.05, 0) is 24.0 Å². The summed E-state index contributed by atoms with van der Waals surface area (Å²) in [5.74, 6) is 0.804. The zero-order chi connectivity index (χ0) is 14.8. The number of ether oxygens (including phenoxy) is 1. The van der Waals surface area contributed by atoms with Gasteiger partial charge < -0.3 is 9.64 Å². The van der Waals surface area contributed by atoms with Crippen LogP contribution in [0.25, 0.3) is 0 Å². The number of fused-ring (bicyclic) bond motifs is 1. The average molecular weight is 301 g/mol. The number of carbonyl (C=O) groups is 1. The van der Waals surface area contributed by atoms with E-state index in [0.29, 0.717) is 23.8 Å². The molecule has 0 N–H and O–H groups in total. The Morgan fingerprint density at radius 2 is 2.10 bits per heavy atom. The van der Waals surface area contributed by atoms with E-state index in [2.05, 4.69) is 9.97 Å². The molecule has 0 spiro atoms. The molecule has 21 heavy (non-hydrogen) atoms. The molecule has 1 aromatic carbocycles. The van der Waals surface area contributed by atoms with E-state index < -0.39 is 0 Å². The van der Waals surface area contributed by atoms with Crippen molar-refractivity contribution in [1.82, 2.24) is 14.9 Å². The number of thioether (sulfide) groups is 1. The average Bonchev–Trinajstić information content (AvgIpc) is 2.83. The summed E-state index contributed by atoms with van der Waals surface area (Å²) in [4.78, 5) is 22.7. The third-order valence-corrected chi connectivity index (χ3v) is 3.98. The highest BCUT2D eigenvalue weighted by molar-refractivity contribution is 7.98. The maximum atomic E-state index is 12.3. The van der Waals surface area contributed by atoms with Crippen molar-refractivity contribution in [3.8, 4) is 5.75 Å². The number of hydrogen-bond acceptors (Lipinski definition) is 5. The zero-order valence-corrected chi connectivity index (χ0v) is 12.7. The van der Waals surface area contributed by atoms with Crippen molar-refractivity contribution < 1.29 is 9.53 Å². The molecule has 0 aliphatic carbocycles. The van der Waals surface area contributed by atoms with Gasteiger partial charge in [-0.1, -0.05) is 23.9 Å². The first kappa shape index (κ1) is 13.9. The molecular formula is C15H15N3O2S. The number of benzene rings is 1. The highest BCUT2D eigenvalue weighted by Crippen LogP contribution is 2.24. The summed E-state index contributed by atoms with van der Waals surface area (Å²) in [5, 5.41) is 0.702. The van der Waals surface area contributed by atoms with E-state index in [-0.39, 0.29) is 5.91 Å². The van der Waals surface area contributed by atoms with Gasteiger partial charge >= 0.3 is 0 Å². The van der Waals surface area contributed by atoms with E-state index in [0.717, 1.165) is 17.0 Å². The molecule has 0 saturated carbocycles. The Balaban J connectivity index is 1.77. The molecule has 0 saturated heterocycles. The van der Waals surface area contributed by atoms with Crippen LogP contribution in [-0.4, -0.2) is 34.1 Å². The number of aromatic nitrogens is 2. The first-order valence-corrected chi connectivity index (χ1v) is 7.76. The van der Waals surface area contributed by atoms with Crippen LogP contribution in [0.2, 0.25) is 0 Å². The van der Waals surface area contributed by atoms with Crippen LogP contribution in [0.15, 0.2) is 35.6 Å². The van der Waals surface area contributed by atoms with Gasteiger partial charge in [0.1, 0.15) is 5.75 Å². The van der Waals surface area contributed by atoms with Crippen molar-refractivity contribution in [2.24, 2.45) is 0 Å². The van der Waals surface area contributed by atoms with Gasteiger partial charge in [0.2, 0.25) is 0 Å². The lowest BCUT2D eigenvalue weighted by molar-refractivity contribution is 0.0766. The van der Waals surface area contributed by atoms with Crippen molar-refractivity contribution in [3.63, 3.8) is 0 Å². The molecule has 2 heterocycles. The number of nitrogens with zero attached hydrogens (tertiary/aromatic N) is 3. The fraction of sp³-hybridized carbons (Fsp3) is 0.267. The molecule has 0 fully saturated rings. The summed E-state index contributed by atoms with van der Waals surface area (Å²) in [6.07, 6.45) is 3.55. The molecular weight excluding hydrogens is 286 g/mol. The van der Waals surface area contributed by atoms with E-state index in [1.165, 1.54) is 11.8 Å². The Hall–Kier alpha value is -2.08. The summed E-state index contributed by atoms with van der Waals surface area (Å²) in [6, 6.07) is 7.73. The lowest BCUT2D eigenvalue weighted by atomic mass is 10.2. The Labute approximate surface area is 127 Å². The molecule has 1 aliphatic rings. The quantitative estimate of drug-likeness (QED) is 0.641. The van der Waals surface area contributed by atoms with Crippen molar-refractivity contribution in [3.05, 3.63) is 47.3 Å². The van der Waals surface area contributed by atoms with Gasteiger partial charge in [-0.3, -0.25) is 4.79 Å². The van der Waals surface area contributed by atoms with E-state index in [1.807, 2.05) is 30.5 Å². The zero-order valence-electron chi connectivity index (χ0n) is 11.9. The molecule has 0 unspecified atom stereocenters. The molecule has 2 aromatic rings. The van der Waals surface area contributed by atoms with Gasteiger partial charge in [-0.2, -0.15) is 0 Å². The van der Waals surface area contributed by atoms with Crippen molar-refractivity contribution >= 4 is 17.7 Å². The van der Waals surface area contributed by atoms with Gasteiger partial charge in [0.15, 0.2) is 5.16 Å². The van der Waals surface area contributed by atoms with Crippen LogP contribution in [0.4, 0.5) is 0 Å². The topological polar surface area (TPSA) is 55.3 Å². The van der Waals surface area contributed by atoms with Crippen LogP contribution >= 0.6 is 11.8 Å². The number of hydrogen-bond donors (Lipinski definition) is 0. The van der Waals surface area contributed by atoms with Gasteiger partial charge in [-0.25, -0.2) is 9.97 Å². The maximum absolute atomic E-state index is 12.3. The highest BCUT2D eigenvalue weighted by atomic mass is 32.2. The summed E-state index contributed by atoms with van der Waals surface area (Å²) in [6.45, 7) is 1.10. The number of amides is 1. The van der Waals surface area contributed by atoms with E-state index >= 15 is 0 Å². The molecule has 3 rings (SSSR count). The summed E-state index contributed by atoms with van der Waals surface area (Å²) in [5.41, 5.74) is 2.49. The summed E-state index contributed by atoms with van der Waals surface area (Å²) in [7, 11) is 1.64. The van der Waals surface area contributed by atoms with Crippen LogP contribution in [0.5, 0.6) is 5.75 Å². The predicted molar refractivity (Wildman–Crippen MR) is 80.4 cm³/mol. The Bertz CT molecular complexity index is 673. The molecule has 1 aliphatic heterocycles. The maximum Gasteiger partial charge on any atom is 0.258 e. The minimum Gasteiger partial charge on any atom is -0.497 e. The standard InChI is InChI=1S/C15H15N3O2S/c1-20-11-5-3-10(4-6-11)8-18-9-13-12(14(18)19)7-16-15(17-13)21-2/h3-7H,8-9H2,1-2H3. The molecule has 1 amide bonds. The van der Waals surface area contributed by atoms with E-state index in [9.17, 15) is 4.79 Å². The van der Waals surface area contributed by atoms with Crippen LogP contribution in [0.3, 0.4) is 0 Å². The Kier molecular flexibility index (Phi) is 3.79. The lowest BCUT2D eigenvalue weighted by Crippen LogP contribution is -2.23. The smallest absolute Gasteiger partial charge is 0.258 e. The van der Waals surface area contributed by atoms with Crippen LogP contribution < -0.4 is 4.74 Å². The first-order valence-electron chi connectivity index (χ1n) is 6.53. The van der Waals surface area contributed by atoms with Gasteiger partial charge in [0.25, 0.3) is 5.91 Å². The molecule has 5 nitrogen and oxygen atoms in total. The van der Waals surface area contributed by atoms with Gasteiger partial charge in [0, 0.05) is 12.7 Å². The number of carbonyl (C=O) groups excluding carboxylic acids is 1. The van der Waals surface area contributed by atoms with Crippen molar-refractivity contribution in [1.29, 1.82) is 0 Å². The number of rotatable bonds is 4. The highest BCUT2D eigenvalue weighted by Gasteiger charge is 2.29. The molecule has 6 heteroatoms. The van der Waals surface area contributed by atoms with Gasteiger partial charge in [0.05, 0.1) is 24.9 Å². The third-order valence-electron chi connectivity index (χ3n) is 3.42. The first-order chi connectivity index (χ1) is 10.2. The summed E-state index contributed by atoms with van der Waals surface area (Å²) >= 11 is 1.48. The fourth-order valence-electron chi connectivity index (χ4n) is 2.30. The van der Waals surface area contributed by atoms with Gasteiger partial charge in [-0.15, -0.1) is 0 Å². The van der Waals surface area contributed by atoms with Crippen LogP contribution in [0.1, 0.15) is 21.6 Å². The summed E-state index contributed by atoms with van der Waals surface area (Å²) < 4.78 is 5.14. The van der Waals surface area contributed by atoms with Crippen LogP contribution in [-0.2, 0) is 13.1 Å². The second-order valence-corrected chi connectivity index (χ2v) is 5.50. The van der Waals surface area contributed by atoms with E-state index in [4.69, 9.17) is 4.74 Å². The Morgan fingerprint density at radius 1 is 1.33 bits per heavy atom. The normalized spacial score (nSPS) is 13.4. The van der Waals surface area contributed by atoms with Crippen molar-refractivity contribution in [2.45, 2.75) is 18.2 Å². The minimum atomic E-state index is -0.00605. The lowest BCUT2D eigenvalue weighted by Gasteiger charge is -2.15. The SMILES string of the molecule is COc1ccc(CN2Cc3nc(SC)ncc3C2=O)cc1. The molecule has 0 bridgehead atoms. The monoisotopic (exact) mass is 301 g/mol. The molecule has 0 radical (unpaired) electrons.